The van der Waals surface area contributed by atoms with Crippen molar-refractivity contribution in [2.24, 2.45) is 0 Å². The number of pyridine rings is 1. The van der Waals surface area contributed by atoms with Crippen LogP contribution in [0.15, 0.2) is 36.7 Å². The van der Waals surface area contributed by atoms with Gasteiger partial charge >= 0.3 is 0 Å². The lowest BCUT2D eigenvalue weighted by molar-refractivity contribution is 0.102. The van der Waals surface area contributed by atoms with Crippen molar-refractivity contribution in [3.05, 3.63) is 59.0 Å². The summed E-state index contributed by atoms with van der Waals surface area (Å²) < 4.78 is 1.74. The molecule has 0 saturated carbocycles. The summed E-state index contributed by atoms with van der Waals surface area (Å²) in [6.45, 7) is 6.50. The molecule has 148 valence electrons. The first kappa shape index (κ1) is 20.1. The van der Waals surface area contributed by atoms with Crippen LogP contribution in [-0.4, -0.2) is 34.8 Å². The van der Waals surface area contributed by atoms with E-state index in [1.54, 1.807) is 17.1 Å². The van der Waals surface area contributed by atoms with Crippen LogP contribution >= 0.6 is 0 Å². The van der Waals surface area contributed by atoms with Crippen molar-refractivity contribution in [3.63, 3.8) is 0 Å². The molecule has 0 aliphatic rings. The SMILES string of the molecule is CCn1cc(C(=O)Nc2ccc(C)c(-c3cnc(N(C)C)c(C#N)c3)c2)c(C)n1. The van der Waals surface area contributed by atoms with Gasteiger partial charge in [0.05, 0.1) is 16.8 Å². The Morgan fingerprint density at radius 3 is 2.66 bits per heavy atom. The molecule has 2 aromatic heterocycles. The highest BCUT2D eigenvalue weighted by Gasteiger charge is 2.15. The molecule has 1 N–H and O–H groups in total. The minimum atomic E-state index is -0.198. The molecule has 3 rings (SSSR count). The number of hydrogen-bond acceptors (Lipinski definition) is 5. The van der Waals surface area contributed by atoms with Crippen molar-refractivity contribution in [2.45, 2.75) is 27.3 Å². The number of nitriles is 1. The van der Waals surface area contributed by atoms with Crippen LogP contribution in [0.1, 0.15) is 34.1 Å². The van der Waals surface area contributed by atoms with Crippen LogP contribution in [0.2, 0.25) is 0 Å². The number of benzene rings is 1. The fraction of sp³-hybridized carbons (Fsp3) is 0.273. The first-order chi connectivity index (χ1) is 13.8. The Balaban J connectivity index is 1.93. The Morgan fingerprint density at radius 1 is 1.28 bits per heavy atom. The van der Waals surface area contributed by atoms with Crippen molar-refractivity contribution in [2.75, 3.05) is 24.3 Å². The van der Waals surface area contributed by atoms with Gasteiger partial charge in [-0.15, -0.1) is 0 Å². The van der Waals surface area contributed by atoms with Crippen molar-refractivity contribution in [3.8, 4) is 17.2 Å². The molecule has 7 nitrogen and oxygen atoms in total. The second kappa shape index (κ2) is 8.15. The van der Waals surface area contributed by atoms with E-state index in [4.69, 9.17) is 0 Å². The van der Waals surface area contributed by atoms with Crippen LogP contribution in [0.3, 0.4) is 0 Å². The predicted molar refractivity (Wildman–Crippen MR) is 114 cm³/mol. The highest BCUT2D eigenvalue weighted by atomic mass is 16.1. The summed E-state index contributed by atoms with van der Waals surface area (Å²) in [5, 5.41) is 16.7. The van der Waals surface area contributed by atoms with Gasteiger partial charge in [-0.25, -0.2) is 4.98 Å². The van der Waals surface area contributed by atoms with Crippen LogP contribution < -0.4 is 10.2 Å². The van der Waals surface area contributed by atoms with E-state index in [2.05, 4.69) is 21.5 Å². The van der Waals surface area contributed by atoms with Crippen LogP contribution in [0.4, 0.5) is 11.5 Å². The number of amides is 1. The minimum absolute atomic E-state index is 0.198. The molecule has 0 atom stereocenters. The highest BCUT2D eigenvalue weighted by Crippen LogP contribution is 2.29. The largest absolute Gasteiger partial charge is 0.362 e. The first-order valence-electron chi connectivity index (χ1n) is 9.38. The molecule has 0 radical (unpaired) electrons. The minimum Gasteiger partial charge on any atom is -0.362 e. The third kappa shape index (κ3) is 4.11. The molecule has 2 heterocycles. The van der Waals surface area contributed by atoms with Gasteiger partial charge in [-0.2, -0.15) is 10.4 Å². The average Bonchev–Trinajstić information content (AvgIpc) is 3.09. The van der Waals surface area contributed by atoms with Crippen molar-refractivity contribution in [1.29, 1.82) is 5.26 Å². The number of nitrogens with one attached hydrogen (secondary N) is 1. The summed E-state index contributed by atoms with van der Waals surface area (Å²) in [5.41, 5.74) is 5.20. The molecule has 0 fully saturated rings. The van der Waals surface area contributed by atoms with Gasteiger partial charge in [-0.05, 0) is 50.1 Å². The molecule has 1 amide bonds. The molecule has 0 spiro atoms. The van der Waals surface area contributed by atoms with Gasteiger partial charge < -0.3 is 10.2 Å². The lowest BCUT2D eigenvalue weighted by Crippen LogP contribution is -2.13. The summed E-state index contributed by atoms with van der Waals surface area (Å²) in [4.78, 5) is 18.9. The van der Waals surface area contributed by atoms with Gasteiger partial charge in [0.25, 0.3) is 5.91 Å². The van der Waals surface area contributed by atoms with E-state index in [0.717, 1.165) is 16.7 Å². The molecule has 1 aromatic carbocycles. The van der Waals surface area contributed by atoms with Gasteiger partial charge in [0, 0.05) is 44.3 Å². The van der Waals surface area contributed by atoms with E-state index in [0.29, 0.717) is 34.9 Å². The third-order valence-corrected chi connectivity index (χ3v) is 4.73. The maximum Gasteiger partial charge on any atom is 0.259 e. The van der Waals surface area contributed by atoms with Gasteiger partial charge in [-0.3, -0.25) is 9.48 Å². The number of aromatic nitrogens is 3. The van der Waals surface area contributed by atoms with Crippen molar-refractivity contribution < 1.29 is 4.79 Å². The number of hydrogen-bond donors (Lipinski definition) is 1. The number of nitrogens with zero attached hydrogens (tertiary/aromatic N) is 5. The summed E-state index contributed by atoms with van der Waals surface area (Å²) in [6, 6.07) is 9.74. The molecule has 3 aromatic rings. The average molecular weight is 388 g/mol. The standard InChI is InChI=1S/C22H24N6O/c1-6-28-13-20(15(3)26-28)22(29)25-18-8-7-14(2)19(10-18)17-9-16(11-23)21(24-12-17)27(4)5/h7-10,12-13H,6H2,1-5H3,(H,25,29). The predicted octanol–water partition coefficient (Wildman–Crippen LogP) is 3.77. The van der Waals surface area contributed by atoms with Crippen LogP contribution in [0, 0.1) is 25.2 Å². The monoisotopic (exact) mass is 388 g/mol. The zero-order chi connectivity index (χ0) is 21.1. The Morgan fingerprint density at radius 2 is 2.03 bits per heavy atom. The number of carbonyl (C=O) groups excluding carboxylic acids is 1. The molecule has 0 bridgehead atoms. The molecular formula is C22H24N6O. The van der Waals surface area contributed by atoms with E-state index in [1.165, 1.54) is 0 Å². The normalized spacial score (nSPS) is 10.5. The van der Waals surface area contributed by atoms with Gasteiger partial charge in [0.15, 0.2) is 0 Å². The van der Waals surface area contributed by atoms with E-state index in [1.807, 2.05) is 64.0 Å². The Kier molecular flexibility index (Phi) is 5.64. The maximum atomic E-state index is 12.7. The quantitative estimate of drug-likeness (QED) is 0.719. The summed E-state index contributed by atoms with van der Waals surface area (Å²) >= 11 is 0. The lowest BCUT2D eigenvalue weighted by atomic mass is 10.00. The van der Waals surface area contributed by atoms with Gasteiger partial charge in [0.1, 0.15) is 11.9 Å². The van der Waals surface area contributed by atoms with Crippen molar-refractivity contribution in [1.82, 2.24) is 14.8 Å². The van der Waals surface area contributed by atoms with Crippen LogP contribution in [0.25, 0.3) is 11.1 Å². The maximum absolute atomic E-state index is 12.7. The van der Waals surface area contributed by atoms with Crippen molar-refractivity contribution >= 4 is 17.4 Å². The second-order valence-corrected chi connectivity index (χ2v) is 7.07. The van der Waals surface area contributed by atoms with Gasteiger partial charge in [-0.1, -0.05) is 6.07 Å². The van der Waals surface area contributed by atoms with E-state index in [-0.39, 0.29) is 5.91 Å². The summed E-state index contributed by atoms with van der Waals surface area (Å²) in [5.74, 6) is 0.428. The van der Waals surface area contributed by atoms with Gasteiger partial charge in [0.2, 0.25) is 0 Å². The zero-order valence-corrected chi connectivity index (χ0v) is 17.3. The van der Waals surface area contributed by atoms with E-state index in [9.17, 15) is 10.1 Å². The molecule has 29 heavy (non-hydrogen) atoms. The molecular weight excluding hydrogens is 364 g/mol. The third-order valence-electron chi connectivity index (χ3n) is 4.73. The zero-order valence-electron chi connectivity index (χ0n) is 17.3. The number of carbonyl (C=O) groups is 1. The number of aryl methyl sites for hydroxylation is 3. The molecule has 0 unspecified atom stereocenters. The van der Waals surface area contributed by atoms with Crippen LogP contribution in [0.5, 0.6) is 0 Å². The molecule has 0 aliphatic heterocycles. The van der Waals surface area contributed by atoms with E-state index >= 15 is 0 Å². The number of anilines is 2. The molecule has 0 saturated heterocycles. The lowest BCUT2D eigenvalue weighted by Gasteiger charge is -2.15. The van der Waals surface area contributed by atoms with E-state index < -0.39 is 0 Å². The topological polar surface area (TPSA) is 86.8 Å². The summed E-state index contributed by atoms with van der Waals surface area (Å²) in [6.07, 6.45) is 3.50. The molecule has 7 heteroatoms. The highest BCUT2D eigenvalue weighted by molar-refractivity contribution is 6.05. The fourth-order valence-electron chi connectivity index (χ4n) is 3.16. The Labute approximate surface area is 170 Å². The second-order valence-electron chi connectivity index (χ2n) is 7.07. The summed E-state index contributed by atoms with van der Waals surface area (Å²) in [7, 11) is 3.71. The fourth-order valence-corrected chi connectivity index (χ4v) is 3.16. The molecule has 0 aliphatic carbocycles. The first-order valence-corrected chi connectivity index (χ1v) is 9.38. The Bertz CT molecular complexity index is 1110. The Hall–Kier alpha value is -3.66. The number of rotatable bonds is 5. The van der Waals surface area contributed by atoms with Crippen LogP contribution in [-0.2, 0) is 6.54 Å². The smallest absolute Gasteiger partial charge is 0.259 e.